The topological polar surface area (TPSA) is 68.0 Å². The van der Waals surface area contributed by atoms with Gasteiger partial charge in [-0.25, -0.2) is 0 Å². The number of nitrogens with zero attached hydrogens (tertiary/aromatic N) is 2. The number of hydrogen-bond donors (Lipinski definition) is 1. The van der Waals surface area contributed by atoms with Crippen molar-refractivity contribution in [2.45, 2.75) is 31.4 Å². The van der Waals surface area contributed by atoms with Crippen molar-refractivity contribution in [3.63, 3.8) is 0 Å². The first-order valence-electron chi connectivity index (χ1n) is 8.59. The van der Waals surface area contributed by atoms with Gasteiger partial charge >= 0.3 is 0 Å². The molecule has 3 aromatic rings. The van der Waals surface area contributed by atoms with Crippen molar-refractivity contribution in [1.82, 2.24) is 10.2 Å². The average Bonchev–Trinajstić information content (AvgIpc) is 3.09. The number of halogens is 1. The van der Waals surface area contributed by atoms with Crippen LogP contribution in [0.5, 0.6) is 0 Å². The van der Waals surface area contributed by atoms with Gasteiger partial charge in [-0.2, -0.15) is 0 Å². The van der Waals surface area contributed by atoms with Gasteiger partial charge in [-0.3, -0.25) is 4.79 Å². The lowest BCUT2D eigenvalue weighted by molar-refractivity contribution is -0.113. The highest BCUT2D eigenvalue weighted by Gasteiger charge is 2.13. The molecule has 5 nitrogen and oxygen atoms in total. The second-order valence-electron chi connectivity index (χ2n) is 6.35. The summed E-state index contributed by atoms with van der Waals surface area (Å²) < 4.78 is 6.78. The van der Waals surface area contributed by atoms with Gasteiger partial charge in [-0.15, -0.1) is 10.2 Å². The minimum absolute atomic E-state index is 0.0917. The fourth-order valence-corrected chi connectivity index (χ4v) is 3.67. The Balaban J connectivity index is 1.56. The first-order valence-corrected chi connectivity index (χ1v) is 10.7. The molecule has 1 heterocycles. The van der Waals surface area contributed by atoms with E-state index in [1.807, 2.05) is 42.5 Å². The first kappa shape index (κ1) is 19.9. The fraction of sp³-hybridized carbons (Fsp3) is 0.250. The zero-order chi connectivity index (χ0) is 19.2. The molecule has 0 atom stereocenters. The minimum atomic E-state index is -0.0917. The zero-order valence-electron chi connectivity index (χ0n) is 15.1. The van der Waals surface area contributed by atoms with Crippen molar-refractivity contribution in [3.05, 3.63) is 69.1 Å². The number of anilines is 1. The molecule has 27 heavy (non-hydrogen) atoms. The minimum Gasteiger partial charge on any atom is -0.416 e. The summed E-state index contributed by atoms with van der Waals surface area (Å²) in [6, 6.07) is 16.0. The molecule has 1 amide bonds. The summed E-state index contributed by atoms with van der Waals surface area (Å²) in [7, 11) is 0. The average molecular weight is 493 g/mol. The van der Waals surface area contributed by atoms with Gasteiger partial charge in [0.25, 0.3) is 5.22 Å². The van der Waals surface area contributed by atoms with Crippen LogP contribution in [0.25, 0.3) is 0 Å². The van der Waals surface area contributed by atoms with E-state index in [1.54, 1.807) is 0 Å². The number of benzene rings is 2. The third-order valence-corrected chi connectivity index (χ3v) is 5.37. The van der Waals surface area contributed by atoms with Crippen molar-refractivity contribution >= 4 is 45.9 Å². The van der Waals surface area contributed by atoms with Gasteiger partial charge in [0.05, 0.1) is 12.2 Å². The monoisotopic (exact) mass is 493 g/mol. The molecular weight excluding hydrogens is 473 g/mol. The van der Waals surface area contributed by atoms with Gasteiger partial charge in [0.15, 0.2) is 0 Å². The van der Waals surface area contributed by atoms with Crippen LogP contribution in [0, 0.1) is 3.57 Å². The van der Waals surface area contributed by atoms with Crippen molar-refractivity contribution in [2.24, 2.45) is 0 Å². The molecular formula is C20H20IN3O2S. The van der Waals surface area contributed by atoms with Crippen LogP contribution in [-0.4, -0.2) is 21.9 Å². The Morgan fingerprint density at radius 2 is 1.96 bits per heavy atom. The summed E-state index contributed by atoms with van der Waals surface area (Å²) >= 11 is 3.52. The van der Waals surface area contributed by atoms with Crippen LogP contribution < -0.4 is 5.32 Å². The standard InChI is InChI=1S/C20H20IN3O2S/c1-13(2)16-11-15(21)8-9-17(16)22-18(25)12-27-20-24-23-19(26-20)10-14-6-4-3-5-7-14/h3-9,11,13H,10,12H2,1-2H3,(H,22,25). The molecule has 0 radical (unpaired) electrons. The molecule has 0 bridgehead atoms. The lowest BCUT2D eigenvalue weighted by atomic mass is 10.0. The second-order valence-corrected chi connectivity index (χ2v) is 8.52. The molecule has 0 saturated heterocycles. The Morgan fingerprint density at radius 3 is 2.70 bits per heavy atom. The third kappa shape index (κ3) is 5.80. The molecule has 0 aliphatic carbocycles. The summed E-state index contributed by atoms with van der Waals surface area (Å²) in [5, 5.41) is 11.5. The Bertz CT molecular complexity index is 913. The SMILES string of the molecule is CC(C)c1cc(I)ccc1NC(=O)CSc1nnc(Cc2ccccc2)o1. The maximum absolute atomic E-state index is 12.3. The second kappa shape index (κ2) is 9.36. The molecule has 0 aliphatic heterocycles. The third-order valence-electron chi connectivity index (χ3n) is 3.88. The van der Waals surface area contributed by atoms with E-state index in [4.69, 9.17) is 4.42 Å². The van der Waals surface area contributed by atoms with E-state index < -0.39 is 0 Å². The van der Waals surface area contributed by atoms with Crippen molar-refractivity contribution < 1.29 is 9.21 Å². The molecule has 7 heteroatoms. The summed E-state index contributed by atoms with van der Waals surface area (Å²) in [5.74, 6) is 1.00. The first-order chi connectivity index (χ1) is 13.0. The molecule has 0 aliphatic rings. The van der Waals surface area contributed by atoms with E-state index in [2.05, 4.69) is 58.0 Å². The highest BCUT2D eigenvalue weighted by atomic mass is 127. The van der Waals surface area contributed by atoms with E-state index in [9.17, 15) is 4.79 Å². The Hall–Kier alpha value is -1.87. The van der Waals surface area contributed by atoms with Crippen LogP contribution in [0.15, 0.2) is 58.2 Å². The van der Waals surface area contributed by atoms with Crippen LogP contribution in [0.1, 0.15) is 36.8 Å². The van der Waals surface area contributed by atoms with Crippen molar-refractivity contribution in [3.8, 4) is 0 Å². The van der Waals surface area contributed by atoms with E-state index in [-0.39, 0.29) is 11.7 Å². The Morgan fingerprint density at radius 1 is 1.19 bits per heavy atom. The van der Waals surface area contributed by atoms with Crippen LogP contribution >= 0.6 is 34.4 Å². The normalized spacial score (nSPS) is 11.0. The number of rotatable bonds is 7. The van der Waals surface area contributed by atoms with Crippen molar-refractivity contribution in [2.75, 3.05) is 11.1 Å². The summed E-state index contributed by atoms with van der Waals surface area (Å²) in [6.07, 6.45) is 0.584. The van der Waals surface area contributed by atoms with Gasteiger partial charge in [-0.05, 0) is 57.8 Å². The lowest BCUT2D eigenvalue weighted by Gasteiger charge is -2.14. The van der Waals surface area contributed by atoms with Crippen LogP contribution in [0.3, 0.4) is 0 Å². The van der Waals surface area contributed by atoms with Gasteiger partial charge in [0.2, 0.25) is 11.8 Å². The number of nitrogens with one attached hydrogen (secondary N) is 1. The van der Waals surface area contributed by atoms with Crippen LogP contribution in [0.4, 0.5) is 5.69 Å². The van der Waals surface area contributed by atoms with Gasteiger partial charge in [0, 0.05) is 9.26 Å². The number of carbonyl (C=O) groups excluding carboxylic acids is 1. The zero-order valence-corrected chi connectivity index (χ0v) is 18.1. The van der Waals surface area contributed by atoms with E-state index >= 15 is 0 Å². The largest absolute Gasteiger partial charge is 0.416 e. The number of amides is 1. The quantitative estimate of drug-likeness (QED) is 0.366. The maximum Gasteiger partial charge on any atom is 0.277 e. The maximum atomic E-state index is 12.3. The smallest absolute Gasteiger partial charge is 0.277 e. The molecule has 0 fully saturated rings. The van der Waals surface area contributed by atoms with E-state index in [0.29, 0.717) is 23.5 Å². The Labute approximate surface area is 176 Å². The van der Waals surface area contributed by atoms with Gasteiger partial charge < -0.3 is 9.73 Å². The van der Waals surface area contributed by atoms with Crippen LogP contribution in [-0.2, 0) is 11.2 Å². The van der Waals surface area contributed by atoms with Crippen LogP contribution in [0.2, 0.25) is 0 Å². The molecule has 3 rings (SSSR count). The lowest BCUT2D eigenvalue weighted by Crippen LogP contribution is -2.15. The molecule has 1 N–H and O–H groups in total. The number of thioether (sulfide) groups is 1. The van der Waals surface area contributed by atoms with Gasteiger partial charge in [0.1, 0.15) is 0 Å². The highest BCUT2D eigenvalue weighted by molar-refractivity contribution is 14.1. The highest BCUT2D eigenvalue weighted by Crippen LogP contribution is 2.27. The predicted octanol–water partition coefficient (Wildman–Crippen LogP) is 5.12. The summed E-state index contributed by atoms with van der Waals surface area (Å²) in [4.78, 5) is 12.3. The Kier molecular flexibility index (Phi) is 6.89. The molecule has 140 valence electrons. The molecule has 1 aromatic heterocycles. The van der Waals surface area contributed by atoms with Crippen molar-refractivity contribution in [1.29, 1.82) is 0 Å². The number of hydrogen-bond acceptors (Lipinski definition) is 5. The van der Waals surface area contributed by atoms with Gasteiger partial charge in [-0.1, -0.05) is 55.9 Å². The van der Waals surface area contributed by atoms with E-state index in [1.165, 1.54) is 11.8 Å². The predicted molar refractivity (Wildman–Crippen MR) is 116 cm³/mol. The number of aromatic nitrogens is 2. The molecule has 0 unspecified atom stereocenters. The summed E-state index contributed by atoms with van der Waals surface area (Å²) in [5.41, 5.74) is 3.09. The summed E-state index contributed by atoms with van der Waals surface area (Å²) in [6.45, 7) is 4.23. The van der Waals surface area contributed by atoms with E-state index in [0.717, 1.165) is 20.4 Å². The number of carbonyl (C=O) groups is 1. The fourth-order valence-electron chi connectivity index (χ4n) is 2.58. The molecule has 0 spiro atoms. The molecule has 0 saturated carbocycles. The molecule has 2 aromatic carbocycles.